The summed E-state index contributed by atoms with van der Waals surface area (Å²) in [5.74, 6) is -1.16. The Morgan fingerprint density at radius 1 is 1.47 bits per heavy atom. The molecule has 19 heavy (non-hydrogen) atoms. The number of rotatable bonds is 6. The third-order valence-corrected chi connectivity index (χ3v) is 3.88. The van der Waals surface area contributed by atoms with Crippen molar-refractivity contribution in [3.8, 4) is 0 Å². The molecule has 0 aromatic carbocycles. The topological polar surface area (TPSA) is 69.6 Å². The summed E-state index contributed by atoms with van der Waals surface area (Å²) in [6, 6.07) is 3.65. The van der Waals surface area contributed by atoms with Gasteiger partial charge in [0.1, 0.15) is 5.54 Å². The zero-order valence-electron chi connectivity index (χ0n) is 11.1. The van der Waals surface area contributed by atoms with E-state index in [-0.39, 0.29) is 12.5 Å². The molecule has 0 radical (unpaired) electrons. The zero-order chi connectivity index (χ0) is 14.6. The standard InChI is InChI=1S/C12H17ClN2O3S/c1-12(2,11(17)18)14-6-10(16)15(3)7-8-4-5-9(13)19-8/h4-5,14H,6-7H2,1-3H3,(H,17,18). The number of nitrogens with zero attached hydrogens (tertiary/aromatic N) is 1. The van der Waals surface area contributed by atoms with Crippen molar-refractivity contribution in [2.45, 2.75) is 25.9 Å². The number of carbonyl (C=O) groups excluding carboxylic acids is 1. The molecule has 0 atom stereocenters. The number of carboxylic acids is 1. The molecule has 0 saturated carbocycles. The van der Waals surface area contributed by atoms with E-state index in [1.54, 1.807) is 13.1 Å². The second-order valence-electron chi connectivity index (χ2n) is 4.74. The van der Waals surface area contributed by atoms with Gasteiger partial charge in [0.25, 0.3) is 0 Å². The Morgan fingerprint density at radius 3 is 2.58 bits per heavy atom. The molecule has 0 saturated heterocycles. The van der Waals surface area contributed by atoms with Gasteiger partial charge >= 0.3 is 5.97 Å². The lowest BCUT2D eigenvalue weighted by Crippen LogP contribution is -2.50. The fraction of sp³-hybridized carbons (Fsp3) is 0.500. The number of aliphatic carboxylic acids is 1. The van der Waals surface area contributed by atoms with Crippen LogP contribution in [0, 0.1) is 0 Å². The van der Waals surface area contributed by atoms with Gasteiger partial charge in [0.05, 0.1) is 17.4 Å². The molecule has 7 heteroatoms. The number of amides is 1. The summed E-state index contributed by atoms with van der Waals surface area (Å²) in [6.07, 6.45) is 0. The van der Waals surface area contributed by atoms with Gasteiger partial charge in [-0.2, -0.15) is 0 Å². The average Bonchev–Trinajstić information content (AvgIpc) is 2.71. The van der Waals surface area contributed by atoms with Gasteiger partial charge in [0.15, 0.2) is 0 Å². The monoisotopic (exact) mass is 304 g/mol. The van der Waals surface area contributed by atoms with E-state index in [1.165, 1.54) is 30.1 Å². The minimum absolute atomic E-state index is 0.0189. The molecule has 1 aromatic heterocycles. The molecule has 1 aromatic rings. The summed E-state index contributed by atoms with van der Waals surface area (Å²) in [7, 11) is 1.67. The lowest BCUT2D eigenvalue weighted by atomic mass is 10.1. The Labute approximate surface area is 121 Å². The van der Waals surface area contributed by atoms with Crippen LogP contribution in [0.25, 0.3) is 0 Å². The first-order valence-electron chi connectivity index (χ1n) is 5.69. The molecular weight excluding hydrogens is 288 g/mol. The van der Waals surface area contributed by atoms with Crippen LogP contribution < -0.4 is 5.32 Å². The highest BCUT2D eigenvalue weighted by Crippen LogP contribution is 2.22. The molecule has 5 nitrogen and oxygen atoms in total. The molecule has 0 aliphatic carbocycles. The Kier molecular flexibility index (Phi) is 5.34. The second kappa shape index (κ2) is 6.36. The van der Waals surface area contributed by atoms with Gasteiger partial charge < -0.3 is 10.0 Å². The number of thiophene rings is 1. The maximum Gasteiger partial charge on any atom is 0.323 e. The number of hydrogen-bond acceptors (Lipinski definition) is 4. The van der Waals surface area contributed by atoms with Crippen molar-refractivity contribution in [2.75, 3.05) is 13.6 Å². The van der Waals surface area contributed by atoms with Crippen LogP contribution in [0.15, 0.2) is 12.1 Å². The third kappa shape index (κ3) is 4.81. The highest BCUT2D eigenvalue weighted by Gasteiger charge is 2.27. The van der Waals surface area contributed by atoms with Crippen molar-refractivity contribution in [3.63, 3.8) is 0 Å². The molecule has 1 amide bonds. The molecule has 0 unspecified atom stereocenters. The van der Waals surface area contributed by atoms with E-state index in [2.05, 4.69) is 5.32 Å². The van der Waals surface area contributed by atoms with Gasteiger partial charge in [0.2, 0.25) is 5.91 Å². The van der Waals surface area contributed by atoms with Gasteiger partial charge in [-0.15, -0.1) is 11.3 Å². The van der Waals surface area contributed by atoms with Gasteiger partial charge in [0, 0.05) is 11.9 Å². The van der Waals surface area contributed by atoms with E-state index in [0.29, 0.717) is 10.9 Å². The smallest absolute Gasteiger partial charge is 0.323 e. The largest absolute Gasteiger partial charge is 0.480 e. The maximum atomic E-state index is 11.9. The predicted octanol–water partition coefficient (Wildman–Crippen LogP) is 1.81. The Hall–Kier alpha value is -1.11. The Morgan fingerprint density at radius 2 is 2.11 bits per heavy atom. The van der Waals surface area contributed by atoms with Gasteiger partial charge in [-0.3, -0.25) is 14.9 Å². The summed E-state index contributed by atoms with van der Waals surface area (Å²) in [4.78, 5) is 25.3. The summed E-state index contributed by atoms with van der Waals surface area (Å²) >= 11 is 7.24. The van der Waals surface area contributed by atoms with Gasteiger partial charge in [-0.1, -0.05) is 11.6 Å². The lowest BCUT2D eigenvalue weighted by molar-refractivity contribution is -0.143. The van der Waals surface area contributed by atoms with Crippen LogP contribution in [0.2, 0.25) is 4.34 Å². The Balaban J connectivity index is 2.47. The maximum absolute atomic E-state index is 11.9. The predicted molar refractivity (Wildman–Crippen MR) is 75.5 cm³/mol. The van der Waals surface area contributed by atoms with Crippen molar-refractivity contribution in [1.29, 1.82) is 0 Å². The van der Waals surface area contributed by atoms with Crippen LogP contribution in [-0.4, -0.2) is 41.0 Å². The summed E-state index contributed by atoms with van der Waals surface area (Å²) in [5.41, 5.74) is -1.12. The number of likely N-dealkylation sites (N-methyl/N-ethyl adjacent to an activating group) is 1. The third-order valence-electron chi connectivity index (χ3n) is 2.66. The molecule has 0 fully saturated rings. The van der Waals surface area contributed by atoms with Crippen LogP contribution in [-0.2, 0) is 16.1 Å². The minimum atomic E-state index is -1.12. The summed E-state index contributed by atoms with van der Waals surface area (Å²) in [5, 5.41) is 11.6. The zero-order valence-corrected chi connectivity index (χ0v) is 12.6. The van der Waals surface area contributed by atoms with Crippen LogP contribution in [0.1, 0.15) is 18.7 Å². The molecule has 1 heterocycles. The van der Waals surface area contributed by atoms with Crippen LogP contribution in [0.3, 0.4) is 0 Å². The van der Waals surface area contributed by atoms with E-state index in [1.807, 2.05) is 6.07 Å². The number of carboxylic acid groups (broad SMARTS) is 1. The lowest BCUT2D eigenvalue weighted by Gasteiger charge is -2.23. The Bertz CT molecular complexity index is 473. The first kappa shape index (κ1) is 15.9. The van der Waals surface area contributed by atoms with E-state index in [4.69, 9.17) is 16.7 Å². The van der Waals surface area contributed by atoms with Gasteiger partial charge in [-0.05, 0) is 26.0 Å². The number of nitrogens with one attached hydrogen (secondary N) is 1. The highest BCUT2D eigenvalue weighted by molar-refractivity contribution is 7.16. The van der Waals surface area contributed by atoms with E-state index < -0.39 is 11.5 Å². The molecule has 1 rings (SSSR count). The van der Waals surface area contributed by atoms with Crippen LogP contribution in [0.4, 0.5) is 0 Å². The van der Waals surface area contributed by atoms with E-state index in [0.717, 1.165) is 4.88 Å². The normalized spacial score (nSPS) is 11.4. The number of hydrogen-bond donors (Lipinski definition) is 2. The fourth-order valence-electron chi connectivity index (χ4n) is 1.27. The molecule has 0 aliphatic rings. The first-order valence-corrected chi connectivity index (χ1v) is 6.88. The van der Waals surface area contributed by atoms with Crippen molar-refractivity contribution >= 4 is 34.8 Å². The van der Waals surface area contributed by atoms with Crippen molar-refractivity contribution in [2.24, 2.45) is 0 Å². The quantitative estimate of drug-likeness (QED) is 0.841. The molecule has 0 aliphatic heterocycles. The highest BCUT2D eigenvalue weighted by atomic mass is 35.5. The van der Waals surface area contributed by atoms with Crippen LogP contribution in [0.5, 0.6) is 0 Å². The van der Waals surface area contributed by atoms with Gasteiger partial charge in [-0.25, -0.2) is 0 Å². The van der Waals surface area contributed by atoms with E-state index in [9.17, 15) is 9.59 Å². The minimum Gasteiger partial charge on any atom is -0.480 e. The fourth-order valence-corrected chi connectivity index (χ4v) is 2.41. The number of carbonyl (C=O) groups is 2. The average molecular weight is 305 g/mol. The molecule has 0 spiro atoms. The molecule has 0 bridgehead atoms. The van der Waals surface area contributed by atoms with Crippen LogP contribution >= 0.6 is 22.9 Å². The molecular formula is C12H17ClN2O3S. The SMILES string of the molecule is CN(Cc1ccc(Cl)s1)C(=O)CNC(C)(C)C(=O)O. The van der Waals surface area contributed by atoms with Crippen molar-refractivity contribution in [3.05, 3.63) is 21.3 Å². The van der Waals surface area contributed by atoms with Crippen molar-refractivity contribution < 1.29 is 14.7 Å². The summed E-state index contributed by atoms with van der Waals surface area (Å²) < 4.78 is 0.681. The van der Waals surface area contributed by atoms with E-state index >= 15 is 0 Å². The van der Waals surface area contributed by atoms with Crippen molar-refractivity contribution in [1.82, 2.24) is 10.2 Å². The first-order chi connectivity index (χ1) is 8.72. The second-order valence-corrected chi connectivity index (χ2v) is 6.54. The molecule has 2 N–H and O–H groups in total. The summed E-state index contributed by atoms with van der Waals surface area (Å²) in [6.45, 7) is 3.48. The molecule has 106 valence electrons. The number of halogens is 1.